The average Bonchev–Trinajstić information content (AvgIpc) is 2.94. The molecule has 4 rings (SSSR count). The second-order valence-corrected chi connectivity index (χ2v) is 13.0. The summed E-state index contributed by atoms with van der Waals surface area (Å²) in [5, 5.41) is 0. The van der Waals surface area contributed by atoms with Crippen molar-refractivity contribution in [3.05, 3.63) is 144 Å². The van der Waals surface area contributed by atoms with Crippen LogP contribution in [0.4, 0.5) is 0 Å². The van der Waals surface area contributed by atoms with Crippen LogP contribution in [-0.2, 0) is 26.0 Å². The van der Waals surface area contributed by atoms with Crippen LogP contribution in [-0.4, -0.2) is 20.1 Å². The van der Waals surface area contributed by atoms with Crippen molar-refractivity contribution in [1.82, 2.24) is 0 Å². The molecule has 0 unspecified atom stereocenters. The normalized spacial score (nSPS) is 11.2. The summed E-state index contributed by atoms with van der Waals surface area (Å²) in [5.41, 5.74) is -0.589. The van der Waals surface area contributed by atoms with Gasteiger partial charge in [0.2, 0.25) is 0 Å². The summed E-state index contributed by atoms with van der Waals surface area (Å²) in [6.45, 7) is 0. The van der Waals surface area contributed by atoms with Crippen LogP contribution < -0.4 is 0 Å². The zero-order valence-electron chi connectivity index (χ0n) is 18.9. The number of rotatable bonds is 8. The maximum absolute atomic E-state index is 15.1. The maximum atomic E-state index is 15.1. The van der Waals surface area contributed by atoms with Gasteiger partial charge >= 0.3 is 209 Å². The molecule has 0 aromatic heterocycles. The van der Waals surface area contributed by atoms with E-state index in [1.54, 1.807) is 24.3 Å². The fourth-order valence-corrected chi connectivity index (χ4v) is 8.05. The quantitative estimate of drug-likeness (QED) is 0.295. The number of carbonyl (C=O) groups excluding carboxylic acids is 4. The Bertz CT molecular complexity index is 1370. The van der Waals surface area contributed by atoms with Gasteiger partial charge in [-0.3, -0.25) is 0 Å². The summed E-state index contributed by atoms with van der Waals surface area (Å²) in [4.78, 5) is 54.2. The first-order chi connectivity index (χ1) is 17.3. The van der Waals surface area contributed by atoms with E-state index in [0.717, 1.165) is 0 Å². The summed E-state index contributed by atoms with van der Waals surface area (Å²) in [5.74, 6) is -2.48. The molecule has 0 fully saturated rings. The molecule has 7 nitrogen and oxygen atoms in total. The predicted octanol–water partition coefficient (Wildman–Crippen LogP) is 5.25. The third-order valence-corrected chi connectivity index (χ3v) is 10.5. The van der Waals surface area contributed by atoms with Gasteiger partial charge in [0.15, 0.2) is 0 Å². The van der Waals surface area contributed by atoms with Crippen LogP contribution in [0.25, 0.3) is 0 Å². The van der Waals surface area contributed by atoms with Gasteiger partial charge in [0.25, 0.3) is 0 Å². The van der Waals surface area contributed by atoms with Gasteiger partial charge in [-0.2, -0.15) is 0 Å². The van der Waals surface area contributed by atoms with Crippen molar-refractivity contribution in [1.29, 1.82) is 0 Å². The number of hydrogen-bond acceptors (Lipinski definition) is 7. The van der Waals surface area contributed by atoms with E-state index in [1.165, 1.54) is 97.1 Å². The molecule has 0 spiro atoms. The summed E-state index contributed by atoms with van der Waals surface area (Å²) in [6.07, 6.45) is 0. The number of hydrogen-bond donors (Lipinski definition) is 0. The van der Waals surface area contributed by atoms with Gasteiger partial charge in [-0.05, 0) is 0 Å². The predicted molar refractivity (Wildman–Crippen MR) is 126 cm³/mol. The molecule has 0 atom stereocenters. The summed E-state index contributed by atoms with van der Waals surface area (Å²) >= 11 is -7.69. The van der Waals surface area contributed by atoms with Gasteiger partial charge in [0.05, 0.1) is 0 Å². The Labute approximate surface area is 208 Å². The van der Waals surface area contributed by atoms with Crippen LogP contribution in [0.3, 0.4) is 0 Å². The Kier molecular flexibility index (Phi) is 6.97. The zero-order chi connectivity index (χ0) is 25.6. The van der Waals surface area contributed by atoms with Crippen molar-refractivity contribution < 1.29 is 45.2 Å². The monoisotopic (exact) mass is 516 g/mol. The van der Waals surface area contributed by atoms with Crippen LogP contribution in [0.1, 0.15) is 41.4 Å². The number of carbonyl (C=O) groups is 4. The fourth-order valence-electron chi connectivity index (χ4n) is 3.59. The SMILES string of the molecule is O=C([O][Ti](=[O])([O]C(=O)c1ccccc1)([C](=O)c1ccccc1)[C](=O)c1ccccc1)c1ccccc1. The molecule has 4 aromatic carbocycles. The Morgan fingerprint density at radius 1 is 0.417 bits per heavy atom. The van der Waals surface area contributed by atoms with Gasteiger partial charge in [-0.1, -0.05) is 0 Å². The van der Waals surface area contributed by atoms with Gasteiger partial charge in [0.1, 0.15) is 0 Å². The Hall–Kier alpha value is -4.33. The summed E-state index contributed by atoms with van der Waals surface area (Å²) in [7, 11) is 0. The van der Waals surface area contributed by atoms with Crippen LogP contribution in [0.2, 0.25) is 0 Å². The van der Waals surface area contributed by atoms with E-state index >= 15 is 3.32 Å². The molecular formula is C28H20O7Ti. The minimum atomic E-state index is -7.69. The third-order valence-electron chi connectivity index (χ3n) is 5.43. The molecule has 0 aliphatic heterocycles. The first-order valence-electron chi connectivity index (χ1n) is 11.0. The molecule has 0 saturated carbocycles. The standard InChI is InChI=1S/2C7H6O2.2C7H5O.O.Ti/c2*8-7(9)6-4-2-1-3-5-6;2*8-6-7-4-2-1-3-5-7;;/h2*1-5H,(H,8,9);2*1-5H;;/q;;;;;+2/p-2. The van der Waals surface area contributed by atoms with Crippen molar-refractivity contribution in [2.75, 3.05) is 0 Å². The molecule has 0 aliphatic carbocycles. The van der Waals surface area contributed by atoms with Crippen molar-refractivity contribution in [3.63, 3.8) is 0 Å². The fraction of sp³-hybridized carbons (Fsp3) is 0. The van der Waals surface area contributed by atoms with E-state index in [9.17, 15) is 19.2 Å². The Morgan fingerprint density at radius 2 is 0.667 bits per heavy atom. The molecule has 178 valence electrons. The van der Waals surface area contributed by atoms with Gasteiger partial charge < -0.3 is 0 Å². The minimum absolute atomic E-state index is 0.0821. The topological polar surface area (TPSA) is 104 Å². The first kappa shape index (κ1) is 24.8. The van der Waals surface area contributed by atoms with Gasteiger partial charge in [-0.25, -0.2) is 0 Å². The van der Waals surface area contributed by atoms with Gasteiger partial charge in [-0.15, -0.1) is 0 Å². The van der Waals surface area contributed by atoms with Gasteiger partial charge in [0, 0.05) is 0 Å². The van der Waals surface area contributed by atoms with E-state index in [0.29, 0.717) is 0 Å². The van der Waals surface area contributed by atoms with Crippen LogP contribution >= 0.6 is 0 Å². The Morgan fingerprint density at radius 3 is 0.944 bits per heavy atom. The second-order valence-electron chi connectivity index (χ2n) is 7.89. The molecule has 0 bridgehead atoms. The van der Waals surface area contributed by atoms with Crippen molar-refractivity contribution >= 4 is 20.1 Å². The van der Waals surface area contributed by atoms with Crippen LogP contribution in [0.5, 0.6) is 0 Å². The molecule has 0 amide bonds. The van der Waals surface area contributed by atoms with E-state index in [2.05, 4.69) is 0 Å². The molecule has 0 heterocycles. The molecule has 0 aliphatic rings. The average molecular weight is 516 g/mol. The molecule has 0 N–H and O–H groups in total. The Balaban J connectivity index is 1.96. The molecule has 36 heavy (non-hydrogen) atoms. The summed E-state index contributed by atoms with van der Waals surface area (Å²) in [6, 6.07) is 29.1. The molecule has 8 heteroatoms. The van der Waals surface area contributed by atoms with Crippen LogP contribution in [0, 0.1) is 0 Å². The number of benzene rings is 4. The van der Waals surface area contributed by atoms with E-state index in [4.69, 9.17) is 6.64 Å². The summed E-state index contributed by atoms with van der Waals surface area (Å²) < 4.78 is 23.1. The molecular weight excluding hydrogens is 496 g/mol. The molecule has 4 aromatic rings. The third kappa shape index (κ3) is 4.75. The molecule has 0 radical (unpaired) electrons. The van der Waals surface area contributed by atoms with Crippen LogP contribution in [0.15, 0.2) is 121 Å². The molecule has 0 saturated heterocycles. The van der Waals surface area contributed by atoms with E-state index in [-0.39, 0.29) is 22.3 Å². The van der Waals surface area contributed by atoms with E-state index < -0.39 is 36.2 Å². The first-order valence-corrected chi connectivity index (χ1v) is 14.5. The van der Waals surface area contributed by atoms with E-state index in [1.807, 2.05) is 0 Å². The second kappa shape index (κ2) is 10.1. The van der Waals surface area contributed by atoms with Crippen molar-refractivity contribution in [2.45, 2.75) is 0 Å². The van der Waals surface area contributed by atoms with Crippen molar-refractivity contribution in [2.24, 2.45) is 0 Å². The zero-order valence-corrected chi connectivity index (χ0v) is 20.5. The van der Waals surface area contributed by atoms with Crippen molar-refractivity contribution in [3.8, 4) is 0 Å².